The van der Waals surface area contributed by atoms with Gasteiger partial charge in [0.15, 0.2) is 0 Å². The second-order valence-corrected chi connectivity index (χ2v) is 2.20. The van der Waals surface area contributed by atoms with Crippen LogP contribution in [-0.4, -0.2) is 36.9 Å². The highest BCUT2D eigenvalue weighted by molar-refractivity contribution is 5.89. The molecular formula is C7H11NO4. The number of aliphatic carboxylic acids is 1. The monoisotopic (exact) mass is 173 g/mol. The summed E-state index contributed by atoms with van der Waals surface area (Å²) in [6.45, 7) is 1.26. The molecule has 0 aliphatic rings. The van der Waals surface area contributed by atoms with Gasteiger partial charge in [0.25, 0.3) is 0 Å². The summed E-state index contributed by atoms with van der Waals surface area (Å²) in [7, 11) is 1.27. The maximum atomic E-state index is 10.7. The second-order valence-electron chi connectivity index (χ2n) is 2.20. The highest BCUT2D eigenvalue weighted by Gasteiger charge is 2.09. The molecule has 0 aliphatic carbocycles. The van der Waals surface area contributed by atoms with Gasteiger partial charge in [0.1, 0.15) is 6.54 Å². The van der Waals surface area contributed by atoms with Gasteiger partial charge < -0.3 is 9.84 Å². The van der Waals surface area contributed by atoms with Gasteiger partial charge in [-0.05, 0) is 6.92 Å². The topological polar surface area (TPSA) is 76.0 Å². The van der Waals surface area contributed by atoms with Crippen LogP contribution in [0.2, 0.25) is 0 Å². The molecule has 12 heavy (non-hydrogen) atoms. The molecule has 0 heterocycles. The lowest BCUT2D eigenvalue weighted by Crippen LogP contribution is -2.14. The molecule has 0 bridgehead atoms. The fourth-order valence-electron chi connectivity index (χ4n) is 0.536. The van der Waals surface area contributed by atoms with Crippen molar-refractivity contribution in [2.45, 2.75) is 6.92 Å². The lowest BCUT2D eigenvalue weighted by Gasteiger charge is -2.00. The Morgan fingerprint density at radius 3 is 2.67 bits per heavy atom. The zero-order chi connectivity index (χ0) is 9.56. The summed E-state index contributed by atoms with van der Waals surface area (Å²) in [5.74, 6) is -1.94. The zero-order valence-corrected chi connectivity index (χ0v) is 6.98. The van der Waals surface area contributed by atoms with Gasteiger partial charge in [-0.1, -0.05) is 0 Å². The van der Waals surface area contributed by atoms with Crippen molar-refractivity contribution in [1.82, 2.24) is 0 Å². The molecule has 5 heteroatoms. The van der Waals surface area contributed by atoms with Gasteiger partial charge in [-0.25, -0.2) is 0 Å². The second kappa shape index (κ2) is 5.29. The molecule has 0 amide bonds. The zero-order valence-electron chi connectivity index (χ0n) is 6.98. The maximum absolute atomic E-state index is 10.7. The lowest BCUT2D eigenvalue weighted by molar-refractivity contribution is -0.142. The maximum Gasteiger partial charge on any atom is 0.325 e. The average Bonchev–Trinajstić information content (AvgIpc) is 2.02. The third kappa shape index (κ3) is 4.43. The molecule has 68 valence electrons. The van der Waals surface area contributed by atoms with E-state index < -0.39 is 17.9 Å². The van der Waals surface area contributed by atoms with E-state index in [2.05, 4.69) is 9.73 Å². The van der Waals surface area contributed by atoms with Crippen LogP contribution in [-0.2, 0) is 14.3 Å². The normalized spacial score (nSPS) is 12.8. The van der Waals surface area contributed by atoms with Crippen LogP contribution in [0.5, 0.6) is 0 Å². The summed E-state index contributed by atoms with van der Waals surface area (Å²) in [4.78, 5) is 24.2. The first-order valence-electron chi connectivity index (χ1n) is 3.37. The van der Waals surface area contributed by atoms with Crippen molar-refractivity contribution < 1.29 is 19.4 Å². The first kappa shape index (κ1) is 10.6. The predicted octanol–water partition coefficient (Wildman–Crippen LogP) is -0.0491. The van der Waals surface area contributed by atoms with Crippen LogP contribution < -0.4 is 0 Å². The first-order chi connectivity index (χ1) is 5.57. The van der Waals surface area contributed by atoms with Crippen LogP contribution in [0.3, 0.4) is 0 Å². The Balaban J connectivity index is 3.82. The molecule has 0 rings (SSSR count). The van der Waals surface area contributed by atoms with Gasteiger partial charge in [-0.3, -0.25) is 14.6 Å². The van der Waals surface area contributed by atoms with Gasteiger partial charge in [-0.15, -0.1) is 0 Å². The van der Waals surface area contributed by atoms with Crippen molar-refractivity contribution in [1.29, 1.82) is 0 Å². The number of nitrogens with zero attached hydrogens (tertiary/aromatic N) is 1. The third-order valence-corrected chi connectivity index (χ3v) is 1.13. The minimum atomic E-state index is -1.02. The molecule has 5 nitrogen and oxygen atoms in total. The number of esters is 1. The summed E-state index contributed by atoms with van der Waals surface area (Å²) in [6.07, 6.45) is 1.26. The van der Waals surface area contributed by atoms with Crippen molar-refractivity contribution in [3.8, 4) is 0 Å². The summed E-state index contributed by atoms with van der Waals surface area (Å²) in [5.41, 5.74) is 0. The highest BCUT2D eigenvalue weighted by atomic mass is 16.5. The summed E-state index contributed by atoms with van der Waals surface area (Å²) in [5, 5.41) is 8.19. The Bertz CT molecular complexity index is 200. The van der Waals surface area contributed by atoms with Crippen molar-refractivity contribution in [3.05, 3.63) is 0 Å². The van der Waals surface area contributed by atoms with E-state index in [1.54, 1.807) is 6.92 Å². The standard InChI is InChI=1S/C7H11NO4/c1-5(7(11)12-2)3-8-4-6(9)10/h3,5H,4H2,1-2H3,(H,9,10). The lowest BCUT2D eigenvalue weighted by atomic mass is 10.2. The van der Waals surface area contributed by atoms with Crippen LogP contribution in [0.25, 0.3) is 0 Å². The van der Waals surface area contributed by atoms with Crippen molar-refractivity contribution >= 4 is 18.2 Å². The molecule has 1 N–H and O–H groups in total. The molecule has 0 fully saturated rings. The van der Waals surface area contributed by atoms with E-state index in [1.165, 1.54) is 13.3 Å². The van der Waals surface area contributed by atoms with E-state index in [1.807, 2.05) is 0 Å². The molecule has 1 unspecified atom stereocenters. The van der Waals surface area contributed by atoms with Crippen LogP contribution >= 0.6 is 0 Å². The van der Waals surface area contributed by atoms with Crippen LogP contribution in [0, 0.1) is 5.92 Å². The SMILES string of the molecule is COC(=O)C(C)C=NCC(=O)O. The summed E-state index contributed by atoms with van der Waals surface area (Å²) < 4.78 is 4.39. The summed E-state index contributed by atoms with van der Waals surface area (Å²) in [6, 6.07) is 0. The number of carboxylic acids is 1. The van der Waals surface area contributed by atoms with Gasteiger partial charge in [0.05, 0.1) is 13.0 Å². The average molecular weight is 173 g/mol. The molecular weight excluding hydrogens is 162 g/mol. The highest BCUT2D eigenvalue weighted by Crippen LogP contribution is 1.92. The van der Waals surface area contributed by atoms with Gasteiger partial charge in [0, 0.05) is 6.21 Å². The van der Waals surface area contributed by atoms with Gasteiger partial charge in [-0.2, -0.15) is 0 Å². The van der Waals surface area contributed by atoms with E-state index in [0.29, 0.717) is 0 Å². The Hall–Kier alpha value is -1.39. The third-order valence-electron chi connectivity index (χ3n) is 1.13. The van der Waals surface area contributed by atoms with Crippen LogP contribution in [0.15, 0.2) is 4.99 Å². The molecule has 0 aromatic carbocycles. The van der Waals surface area contributed by atoms with Crippen LogP contribution in [0.1, 0.15) is 6.92 Å². The van der Waals surface area contributed by atoms with Gasteiger partial charge in [0.2, 0.25) is 0 Å². The number of carbonyl (C=O) groups is 2. The molecule has 0 saturated heterocycles. The Labute approximate surface area is 70.1 Å². The largest absolute Gasteiger partial charge is 0.480 e. The van der Waals surface area contributed by atoms with Crippen LogP contribution in [0.4, 0.5) is 0 Å². The van der Waals surface area contributed by atoms with Crippen molar-refractivity contribution in [3.63, 3.8) is 0 Å². The molecule has 0 aliphatic heterocycles. The van der Waals surface area contributed by atoms with Gasteiger partial charge >= 0.3 is 11.9 Å². The molecule has 0 aromatic rings. The number of hydrogen-bond acceptors (Lipinski definition) is 4. The van der Waals surface area contributed by atoms with E-state index in [9.17, 15) is 9.59 Å². The number of aliphatic imine (C=N–C) groups is 1. The minimum absolute atomic E-state index is 0.318. The van der Waals surface area contributed by atoms with E-state index >= 15 is 0 Å². The fraction of sp³-hybridized carbons (Fsp3) is 0.571. The quantitative estimate of drug-likeness (QED) is 0.477. The van der Waals surface area contributed by atoms with E-state index in [4.69, 9.17) is 5.11 Å². The molecule has 0 aromatic heterocycles. The summed E-state index contributed by atoms with van der Waals surface area (Å²) >= 11 is 0. The fourth-order valence-corrected chi connectivity index (χ4v) is 0.536. The van der Waals surface area contributed by atoms with E-state index in [0.717, 1.165) is 0 Å². The molecule has 0 saturated carbocycles. The van der Waals surface area contributed by atoms with Crippen molar-refractivity contribution in [2.24, 2.45) is 10.9 Å². The van der Waals surface area contributed by atoms with Crippen molar-refractivity contribution in [2.75, 3.05) is 13.7 Å². The number of rotatable bonds is 4. The smallest absolute Gasteiger partial charge is 0.325 e. The Kier molecular flexibility index (Phi) is 4.67. The number of methoxy groups -OCH3 is 1. The molecule has 1 atom stereocenters. The minimum Gasteiger partial charge on any atom is -0.480 e. The Morgan fingerprint density at radius 1 is 1.67 bits per heavy atom. The number of ether oxygens (including phenoxy) is 1. The number of hydrogen-bond donors (Lipinski definition) is 1. The molecule has 0 spiro atoms. The first-order valence-corrected chi connectivity index (χ1v) is 3.37. The molecule has 0 radical (unpaired) electrons. The number of carbonyl (C=O) groups excluding carboxylic acids is 1. The predicted molar refractivity (Wildman–Crippen MR) is 42.2 cm³/mol. The van der Waals surface area contributed by atoms with E-state index in [-0.39, 0.29) is 6.54 Å². The Morgan fingerprint density at radius 2 is 2.25 bits per heavy atom. The number of carboxylic acid groups (broad SMARTS) is 1.